The third-order valence-corrected chi connectivity index (χ3v) is 3.48. The van der Waals surface area contributed by atoms with E-state index in [-0.39, 0.29) is 5.78 Å². The lowest BCUT2D eigenvalue weighted by Crippen LogP contribution is -2.03. The first kappa shape index (κ1) is 12.7. The number of fused-ring (bicyclic) bond motifs is 3. The van der Waals surface area contributed by atoms with Crippen LogP contribution < -0.4 is 9.47 Å². The molecular formula is C17H16O3. The molecule has 0 aromatic heterocycles. The molecule has 1 aliphatic rings. The van der Waals surface area contributed by atoms with Crippen molar-refractivity contribution >= 4 is 5.78 Å². The monoisotopic (exact) mass is 268 g/mol. The molecule has 2 aromatic rings. The van der Waals surface area contributed by atoms with Gasteiger partial charge in [0.1, 0.15) is 0 Å². The minimum Gasteiger partial charge on any atom is -0.492 e. The zero-order chi connectivity index (χ0) is 14.1. The molecule has 0 unspecified atom stereocenters. The number of ether oxygens (including phenoxy) is 2. The summed E-state index contributed by atoms with van der Waals surface area (Å²) < 4.78 is 11.1. The van der Waals surface area contributed by atoms with Crippen LogP contribution in [0, 0.1) is 0 Å². The summed E-state index contributed by atoms with van der Waals surface area (Å²) in [4.78, 5) is 12.6. The fraction of sp³-hybridized carbons (Fsp3) is 0.235. The summed E-state index contributed by atoms with van der Waals surface area (Å²) in [6.45, 7) is 2.65. The van der Waals surface area contributed by atoms with E-state index in [4.69, 9.17) is 9.47 Å². The molecule has 0 saturated carbocycles. The number of methoxy groups -OCH3 is 1. The molecule has 0 saturated heterocycles. The predicted molar refractivity (Wildman–Crippen MR) is 77.6 cm³/mol. The Hall–Kier alpha value is -2.29. The van der Waals surface area contributed by atoms with Crippen molar-refractivity contribution < 1.29 is 14.3 Å². The van der Waals surface area contributed by atoms with Crippen LogP contribution in [-0.2, 0) is 0 Å². The number of benzene rings is 2. The van der Waals surface area contributed by atoms with Crippen molar-refractivity contribution in [2.45, 2.75) is 13.3 Å². The molecule has 0 heterocycles. The Kier molecular flexibility index (Phi) is 3.18. The predicted octanol–water partition coefficient (Wildman–Crippen LogP) is 3.70. The highest BCUT2D eigenvalue weighted by Crippen LogP contribution is 2.45. The number of carbonyl (C=O) groups is 1. The van der Waals surface area contributed by atoms with E-state index in [1.54, 1.807) is 7.11 Å². The van der Waals surface area contributed by atoms with Crippen molar-refractivity contribution in [3.8, 4) is 22.6 Å². The van der Waals surface area contributed by atoms with Crippen LogP contribution >= 0.6 is 0 Å². The number of hydrogen-bond acceptors (Lipinski definition) is 3. The van der Waals surface area contributed by atoms with Gasteiger partial charge in [-0.15, -0.1) is 0 Å². The summed E-state index contributed by atoms with van der Waals surface area (Å²) in [5.74, 6) is 1.18. The van der Waals surface area contributed by atoms with Gasteiger partial charge in [-0.1, -0.05) is 31.2 Å². The molecule has 1 aliphatic carbocycles. The maximum atomic E-state index is 12.6. The molecule has 102 valence electrons. The van der Waals surface area contributed by atoms with Gasteiger partial charge in [-0.2, -0.15) is 0 Å². The van der Waals surface area contributed by atoms with E-state index in [1.807, 2.05) is 43.3 Å². The van der Waals surface area contributed by atoms with Gasteiger partial charge in [0.2, 0.25) is 0 Å². The van der Waals surface area contributed by atoms with Gasteiger partial charge in [-0.3, -0.25) is 4.79 Å². The van der Waals surface area contributed by atoms with Crippen LogP contribution in [0.3, 0.4) is 0 Å². The highest BCUT2D eigenvalue weighted by atomic mass is 16.5. The van der Waals surface area contributed by atoms with Gasteiger partial charge < -0.3 is 9.47 Å². The summed E-state index contributed by atoms with van der Waals surface area (Å²) in [5, 5.41) is 0. The van der Waals surface area contributed by atoms with Gasteiger partial charge in [0.25, 0.3) is 0 Å². The van der Waals surface area contributed by atoms with Gasteiger partial charge in [0.05, 0.1) is 19.3 Å². The summed E-state index contributed by atoms with van der Waals surface area (Å²) in [7, 11) is 1.57. The highest BCUT2D eigenvalue weighted by molar-refractivity contribution is 6.23. The molecule has 0 radical (unpaired) electrons. The average molecular weight is 268 g/mol. The molecule has 2 aromatic carbocycles. The Bertz CT molecular complexity index is 674. The Morgan fingerprint density at radius 3 is 2.45 bits per heavy atom. The molecule has 3 rings (SSSR count). The molecule has 0 fully saturated rings. The van der Waals surface area contributed by atoms with Crippen molar-refractivity contribution in [1.29, 1.82) is 0 Å². The zero-order valence-corrected chi connectivity index (χ0v) is 11.6. The lowest BCUT2D eigenvalue weighted by molar-refractivity contribution is 0.104. The molecule has 3 heteroatoms. The van der Waals surface area contributed by atoms with E-state index in [0.29, 0.717) is 23.7 Å². The maximum Gasteiger partial charge on any atom is 0.198 e. The second-order valence-corrected chi connectivity index (χ2v) is 4.74. The topological polar surface area (TPSA) is 35.5 Å². The molecule has 0 amide bonds. The van der Waals surface area contributed by atoms with Crippen molar-refractivity contribution in [2.75, 3.05) is 13.7 Å². The molecule has 20 heavy (non-hydrogen) atoms. The summed E-state index contributed by atoms with van der Waals surface area (Å²) in [5.41, 5.74) is 3.23. The third kappa shape index (κ3) is 1.78. The van der Waals surface area contributed by atoms with Gasteiger partial charge >= 0.3 is 0 Å². The second kappa shape index (κ2) is 5.00. The van der Waals surface area contributed by atoms with Gasteiger partial charge in [-0.25, -0.2) is 0 Å². The van der Waals surface area contributed by atoms with Crippen molar-refractivity contribution in [2.24, 2.45) is 0 Å². The Morgan fingerprint density at radius 1 is 1.00 bits per heavy atom. The first-order valence-corrected chi connectivity index (χ1v) is 6.75. The molecule has 3 nitrogen and oxygen atoms in total. The SMILES string of the molecule is CCCOc1ccc2c(c1OC)C(=O)c1ccccc1-2. The first-order valence-electron chi connectivity index (χ1n) is 6.75. The number of ketones is 1. The smallest absolute Gasteiger partial charge is 0.198 e. The Labute approximate surface area is 118 Å². The zero-order valence-electron chi connectivity index (χ0n) is 11.6. The lowest BCUT2D eigenvalue weighted by Gasteiger charge is -2.13. The van der Waals surface area contributed by atoms with Crippen molar-refractivity contribution in [1.82, 2.24) is 0 Å². The highest BCUT2D eigenvalue weighted by Gasteiger charge is 2.31. The normalized spacial score (nSPS) is 12.0. The minimum absolute atomic E-state index is 0.00870. The molecule has 0 atom stereocenters. The average Bonchev–Trinajstić information content (AvgIpc) is 2.78. The Balaban J connectivity index is 2.17. The van der Waals surface area contributed by atoms with Crippen LogP contribution in [0.25, 0.3) is 11.1 Å². The fourth-order valence-electron chi connectivity index (χ4n) is 2.59. The van der Waals surface area contributed by atoms with E-state index in [1.165, 1.54) is 0 Å². The number of hydrogen-bond donors (Lipinski definition) is 0. The number of carbonyl (C=O) groups excluding carboxylic acids is 1. The molecule has 0 spiro atoms. The fourth-order valence-corrected chi connectivity index (χ4v) is 2.59. The Morgan fingerprint density at radius 2 is 1.75 bits per heavy atom. The summed E-state index contributed by atoms with van der Waals surface area (Å²) in [6.07, 6.45) is 0.911. The van der Waals surface area contributed by atoms with Crippen LogP contribution in [0.2, 0.25) is 0 Å². The minimum atomic E-state index is 0.00870. The van der Waals surface area contributed by atoms with Crippen molar-refractivity contribution in [3.05, 3.63) is 47.5 Å². The van der Waals surface area contributed by atoms with E-state index in [2.05, 4.69) is 0 Å². The van der Waals surface area contributed by atoms with E-state index >= 15 is 0 Å². The molecular weight excluding hydrogens is 252 g/mol. The van der Waals surface area contributed by atoms with Crippen LogP contribution in [0.4, 0.5) is 0 Å². The summed E-state index contributed by atoms with van der Waals surface area (Å²) in [6, 6.07) is 11.4. The second-order valence-electron chi connectivity index (χ2n) is 4.74. The van der Waals surface area contributed by atoms with Gasteiger partial charge in [0, 0.05) is 5.56 Å². The first-order chi connectivity index (χ1) is 9.77. The van der Waals surface area contributed by atoms with Crippen LogP contribution in [0.5, 0.6) is 11.5 Å². The largest absolute Gasteiger partial charge is 0.492 e. The number of rotatable bonds is 4. The van der Waals surface area contributed by atoms with Gasteiger partial charge in [-0.05, 0) is 29.7 Å². The third-order valence-electron chi connectivity index (χ3n) is 3.48. The quantitative estimate of drug-likeness (QED) is 0.723. The molecule has 0 bridgehead atoms. The van der Waals surface area contributed by atoms with Gasteiger partial charge in [0.15, 0.2) is 17.3 Å². The van der Waals surface area contributed by atoms with E-state index < -0.39 is 0 Å². The van der Waals surface area contributed by atoms with E-state index in [9.17, 15) is 4.79 Å². The molecule has 0 aliphatic heterocycles. The van der Waals surface area contributed by atoms with Crippen LogP contribution in [0.1, 0.15) is 29.3 Å². The summed E-state index contributed by atoms with van der Waals surface area (Å²) >= 11 is 0. The maximum absolute atomic E-state index is 12.6. The van der Waals surface area contributed by atoms with E-state index in [0.717, 1.165) is 23.1 Å². The van der Waals surface area contributed by atoms with Crippen molar-refractivity contribution in [3.63, 3.8) is 0 Å². The standard InChI is InChI=1S/C17H16O3/c1-3-10-20-14-9-8-12-11-6-4-5-7-13(11)16(18)15(12)17(14)19-2/h4-9H,3,10H2,1-2H3. The molecule has 0 N–H and O–H groups in total. The lowest BCUT2D eigenvalue weighted by atomic mass is 10.1. The van der Waals surface area contributed by atoms with Crippen LogP contribution in [0.15, 0.2) is 36.4 Å². The van der Waals surface area contributed by atoms with Crippen LogP contribution in [-0.4, -0.2) is 19.5 Å².